The summed E-state index contributed by atoms with van der Waals surface area (Å²) >= 11 is 0. The Morgan fingerprint density at radius 3 is 2.64 bits per heavy atom. The van der Waals surface area contributed by atoms with Gasteiger partial charge in [-0.2, -0.15) is 13.2 Å². The molecule has 5 unspecified atom stereocenters. The monoisotopic (exact) mass is 467 g/mol. The zero-order chi connectivity index (χ0) is 23.9. The van der Waals surface area contributed by atoms with Gasteiger partial charge in [0, 0.05) is 6.54 Å². The van der Waals surface area contributed by atoms with Crippen LogP contribution in [0.3, 0.4) is 0 Å². The molecule has 5 atom stereocenters. The van der Waals surface area contributed by atoms with Crippen molar-refractivity contribution in [2.24, 2.45) is 17.3 Å². The van der Waals surface area contributed by atoms with Crippen LogP contribution in [-0.4, -0.2) is 52.6 Å². The standard InChI is InChI=1S/C27H40F3NO2/c1-19-20(6-3-8-24(19)32)9-10-21-7-4-14-25(2)22(11-12-23(21)25)13-17-31-16-5-15-26(33,18-31)27(28,29)30/h9-10,22-24,32-33H,1,3-8,11-18H2,2H3/b20-9-,21-10+. The fourth-order valence-electron chi connectivity index (χ4n) is 7.14. The number of β-amino-alcohol motifs (C(OH)–C–C–N with tert-alkyl or cyclic N) is 1. The maximum absolute atomic E-state index is 13.3. The number of aliphatic hydroxyl groups excluding tert-OH is 1. The van der Waals surface area contributed by atoms with Gasteiger partial charge in [0.1, 0.15) is 0 Å². The number of alkyl halides is 3. The summed E-state index contributed by atoms with van der Waals surface area (Å²) in [7, 11) is 0. The lowest BCUT2D eigenvalue weighted by atomic mass is 9.63. The van der Waals surface area contributed by atoms with E-state index in [9.17, 15) is 23.4 Å². The summed E-state index contributed by atoms with van der Waals surface area (Å²) in [6, 6.07) is 0. The van der Waals surface area contributed by atoms with E-state index in [1.54, 1.807) is 0 Å². The number of aliphatic hydroxyl groups is 2. The van der Waals surface area contributed by atoms with Crippen LogP contribution in [0, 0.1) is 17.3 Å². The zero-order valence-corrected chi connectivity index (χ0v) is 20.0. The highest BCUT2D eigenvalue weighted by Crippen LogP contribution is 2.58. The summed E-state index contributed by atoms with van der Waals surface area (Å²) in [6.07, 6.45) is 9.07. The lowest BCUT2D eigenvalue weighted by molar-refractivity contribution is -0.274. The maximum atomic E-state index is 13.3. The van der Waals surface area contributed by atoms with Crippen LogP contribution in [0.15, 0.2) is 35.5 Å². The molecular weight excluding hydrogens is 427 g/mol. The van der Waals surface area contributed by atoms with Crippen molar-refractivity contribution >= 4 is 0 Å². The summed E-state index contributed by atoms with van der Waals surface area (Å²) in [4.78, 5) is 1.83. The minimum atomic E-state index is -4.56. The van der Waals surface area contributed by atoms with Gasteiger partial charge in [0.2, 0.25) is 0 Å². The van der Waals surface area contributed by atoms with Crippen LogP contribution in [-0.2, 0) is 0 Å². The molecule has 4 rings (SSSR count). The second kappa shape index (κ2) is 9.50. The van der Waals surface area contributed by atoms with Crippen LogP contribution in [0.25, 0.3) is 0 Å². The average molecular weight is 468 g/mol. The second-order valence-electron chi connectivity index (χ2n) is 11.3. The Labute approximate surface area is 196 Å². The molecule has 186 valence electrons. The van der Waals surface area contributed by atoms with Gasteiger partial charge in [0.25, 0.3) is 0 Å². The third-order valence-corrected chi connectivity index (χ3v) is 9.27. The average Bonchev–Trinajstić information content (AvgIpc) is 3.09. The molecule has 4 fully saturated rings. The molecule has 3 aliphatic carbocycles. The first-order valence-electron chi connectivity index (χ1n) is 12.8. The highest BCUT2D eigenvalue weighted by Gasteiger charge is 2.55. The van der Waals surface area contributed by atoms with Gasteiger partial charge in [0.15, 0.2) is 5.60 Å². The lowest BCUT2D eigenvalue weighted by Crippen LogP contribution is -2.57. The molecular formula is C27H40F3NO2. The lowest BCUT2D eigenvalue weighted by Gasteiger charge is -2.44. The second-order valence-corrected chi connectivity index (χ2v) is 11.3. The highest BCUT2D eigenvalue weighted by molar-refractivity contribution is 5.37. The van der Waals surface area contributed by atoms with Crippen LogP contribution in [0.1, 0.15) is 77.6 Å². The summed E-state index contributed by atoms with van der Waals surface area (Å²) < 4.78 is 39.9. The predicted octanol–water partition coefficient (Wildman–Crippen LogP) is 5.94. The molecule has 0 amide bonds. The Bertz CT molecular complexity index is 804. The van der Waals surface area contributed by atoms with E-state index in [1.807, 2.05) is 4.90 Å². The van der Waals surface area contributed by atoms with Gasteiger partial charge in [-0.05, 0) is 112 Å². The molecule has 0 aromatic carbocycles. The third-order valence-electron chi connectivity index (χ3n) is 9.27. The van der Waals surface area contributed by atoms with Crippen molar-refractivity contribution in [2.75, 3.05) is 19.6 Å². The molecule has 2 N–H and O–H groups in total. The van der Waals surface area contributed by atoms with E-state index in [-0.39, 0.29) is 18.4 Å². The first kappa shape index (κ1) is 25.0. The topological polar surface area (TPSA) is 43.7 Å². The van der Waals surface area contributed by atoms with Crippen LogP contribution in [0.5, 0.6) is 0 Å². The quantitative estimate of drug-likeness (QED) is 0.538. The van der Waals surface area contributed by atoms with Crippen LogP contribution >= 0.6 is 0 Å². The Balaban J connectivity index is 1.40. The number of rotatable bonds is 4. The Morgan fingerprint density at radius 1 is 1.09 bits per heavy atom. The van der Waals surface area contributed by atoms with Crippen LogP contribution in [0.4, 0.5) is 13.2 Å². The van der Waals surface area contributed by atoms with E-state index >= 15 is 0 Å². The molecule has 1 heterocycles. The molecule has 0 aromatic heterocycles. The molecule has 0 radical (unpaired) electrons. The normalized spacial score (nSPS) is 41.0. The molecule has 4 aliphatic rings. The molecule has 1 saturated heterocycles. The Kier molecular flexibility index (Phi) is 7.20. The SMILES string of the molecule is C=C1/C(=C\C=C2/CCCC3(C)C(CCN4CCCC(O)(C(F)(F)F)C4)CCC23)CCCC1O. The van der Waals surface area contributed by atoms with E-state index in [2.05, 4.69) is 25.7 Å². The summed E-state index contributed by atoms with van der Waals surface area (Å²) in [5.74, 6) is 1.04. The third kappa shape index (κ3) is 4.99. The van der Waals surface area contributed by atoms with E-state index in [0.29, 0.717) is 31.3 Å². The molecule has 0 aromatic rings. The number of allylic oxidation sites excluding steroid dienone is 3. The number of fused-ring (bicyclic) bond motifs is 1. The van der Waals surface area contributed by atoms with Crippen molar-refractivity contribution in [3.8, 4) is 0 Å². The Hall–Kier alpha value is -1.11. The van der Waals surface area contributed by atoms with Gasteiger partial charge >= 0.3 is 6.18 Å². The van der Waals surface area contributed by atoms with Crippen molar-refractivity contribution in [3.05, 3.63) is 35.5 Å². The molecule has 3 saturated carbocycles. The first-order chi connectivity index (χ1) is 15.5. The molecule has 0 spiro atoms. The Morgan fingerprint density at radius 2 is 1.88 bits per heavy atom. The first-order valence-corrected chi connectivity index (χ1v) is 12.8. The van der Waals surface area contributed by atoms with Gasteiger partial charge in [-0.15, -0.1) is 0 Å². The maximum Gasteiger partial charge on any atom is 0.418 e. The molecule has 33 heavy (non-hydrogen) atoms. The molecule has 6 heteroatoms. The number of piperidine rings is 1. The fourth-order valence-corrected chi connectivity index (χ4v) is 7.14. The molecule has 0 bridgehead atoms. The minimum Gasteiger partial charge on any atom is -0.388 e. The van der Waals surface area contributed by atoms with Gasteiger partial charge in [-0.3, -0.25) is 0 Å². The zero-order valence-electron chi connectivity index (χ0n) is 20.0. The number of halogens is 3. The summed E-state index contributed by atoms with van der Waals surface area (Å²) in [6.45, 7) is 7.45. The van der Waals surface area contributed by atoms with Gasteiger partial charge in [-0.25, -0.2) is 0 Å². The number of hydrogen-bond donors (Lipinski definition) is 2. The van der Waals surface area contributed by atoms with Gasteiger partial charge in [-0.1, -0.05) is 31.2 Å². The van der Waals surface area contributed by atoms with E-state index < -0.39 is 17.9 Å². The smallest absolute Gasteiger partial charge is 0.388 e. The van der Waals surface area contributed by atoms with Crippen LogP contribution < -0.4 is 0 Å². The van der Waals surface area contributed by atoms with Crippen molar-refractivity contribution in [3.63, 3.8) is 0 Å². The highest BCUT2D eigenvalue weighted by atomic mass is 19.4. The summed E-state index contributed by atoms with van der Waals surface area (Å²) in [5.41, 5.74) is 1.17. The largest absolute Gasteiger partial charge is 0.418 e. The van der Waals surface area contributed by atoms with Crippen molar-refractivity contribution in [2.45, 2.75) is 95.4 Å². The van der Waals surface area contributed by atoms with Crippen LogP contribution in [0.2, 0.25) is 0 Å². The number of hydrogen-bond acceptors (Lipinski definition) is 3. The van der Waals surface area contributed by atoms with E-state index in [4.69, 9.17) is 0 Å². The number of nitrogens with zero attached hydrogens (tertiary/aromatic N) is 1. The van der Waals surface area contributed by atoms with Crippen molar-refractivity contribution < 1.29 is 23.4 Å². The van der Waals surface area contributed by atoms with Gasteiger partial charge < -0.3 is 15.1 Å². The molecule has 1 aliphatic heterocycles. The van der Waals surface area contributed by atoms with Crippen molar-refractivity contribution in [1.82, 2.24) is 4.90 Å². The number of likely N-dealkylation sites (tertiary alicyclic amines) is 1. The van der Waals surface area contributed by atoms with Crippen molar-refractivity contribution in [1.29, 1.82) is 0 Å². The van der Waals surface area contributed by atoms with E-state index in [0.717, 1.165) is 56.9 Å². The predicted molar refractivity (Wildman–Crippen MR) is 125 cm³/mol. The minimum absolute atomic E-state index is 0.191. The fraction of sp³-hybridized carbons (Fsp3) is 0.778. The van der Waals surface area contributed by atoms with Gasteiger partial charge in [0.05, 0.1) is 6.10 Å². The molecule has 3 nitrogen and oxygen atoms in total. The summed E-state index contributed by atoms with van der Waals surface area (Å²) in [5, 5.41) is 20.3. The van der Waals surface area contributed by atoms with E-state index in [1.165, 1.54) is 17.6 Å².